The second-order valence-corrected chi connectivity index (χ2v) is 3.75. The number of hydrogen-bond acceptors (Lipinski definition) is 2. The highest BCUT2D eigenvalue weighted by molar-refractivity contribution is 5.93. The first kappa shape index (κ1) is 10.5. The number of imidazole rings is 1. The van der Waals surface area contributed by atoms with Crippen molar-refractivity contribution >= 4 is 5.78 Å². The van der Waals surface area contributed by atoms with Gasteiger partial charge in [0.2, 0.25) is 12.1 Å². The van der Waals surface area contributed by atoms with E-state index in [1.165, 1.54) is 0 Å². The average molecular weight is 216 g/mol. The van der Waals surface area contributed by atoms with Crippen LogP contribution in [0.25, 0.3) is 0 Å². The zero-order valence-corrected chi connectivity index (χ0v) is 9.40. The molecule has 0 aliphatic heterocycles. The highest BCUT2D eigenvalue weighted by atomic mass is 16.1. The first-order valence-corrected chi connectivity index (χ1v) is 5.16. The van der Waals surface area contributed by atoms with Crippen LogP contribution in [0.3, 0.4) is 0 Å². The molecule has 4 nitrogen and oxygen atoms in total. The van der Waals surface area contributed by atoms with Crippen LogP contribution in [0.15, 0.2) is 30.7 Å². The minimum atomic E-state index is 0.0210. The number of aromatic amines is 1. The molecule has 0 spiro atoms. The number of ketones is 1. The summed E-state index contributed by atoms with van der Waals surface area (Å²) < 4.78 is 1.90. The highest BCUT2D eigenvalue weighted by Crippen LogP contribution is 1.98. The number of carbonyl (C=O) groups excluding carboxylic acids is 1. The molecule has 0 aliphatic rings. The molecule has 0 fully saturated rings. The van der Waals surface area contributed by atoms with Crippen LogP contribution in [0.1, 0.15) is 21.9 Å². The van der Waals surface area contributed by atoms with Gasteiger partial charge in [-0.05, 0) is 12.1 Å². The Labute approximate surface area is 94.0 Å². The van der Waals surface area contributed by atoms with E-state index < -0.39 is 0 Å². The monoisotopic (exact) mass is 216 g/mol. The fraction of sp³-hybridized carbons (Fsp3) is 0.250. The minimum absolute atomic E-state index is 0.0210. The first-order chi connectivity index (χ1) is 7.68. The molecule has 82 valence electrons. The van der Waals surface area contributed by atoms with E-state index in [1.807, 2.05) is 30.8 Å². The molecule has 4 heteroatoms. The molecule has 0 unspecified atom stereocenters. The van der Waals surface area contributed by atoms with Crippen LogP contribution in [0.2, 0.25) is 0 Å². The molecule has 2 rings (SSSR count). The second-order valence-electron chi connectivity index (χ2n) is 3.75. The summed E-state index contributed by atoms with van der Waals surface area (Å²) in [6.07, 6.45) is 3.44. The van der Waals surface area contributed by atoms with Gasteiger partial charge in [0.25, 0.3) is 0 Å². The van der Waals surface area contributed by atoms with Gasteiger partial charge in [0, 0.05) is 20.0 Å². The van der Waals surface area contributed by atoms with Gasteiger partial charge in [-0.25, -0.2) is 9.55 Å². The van der Waals surface area contributed by atoms with Crippen molar-refractivity contribution in [3.05, 3.63) is 47.8 Å². The molecule has 0 radical (unpaired) electrons. The van der Waals surface area contributed by atoms with Crippen LogP contribution in [0, 0.1) is 13.8 Å². The van der Waals surface area contributed by atoms with E-state index >= 15 is 0 Å². The molecule has 2 heterocycles. The third-order valence-electron chi connectivity index (χ3n) is 2.67. The van der Waals surface area contributed by atoms with E-state index in [1.54, 1.807) is 18.3 Å². The predicted octanol–water partition coefficient (Wildman–Crippen LogP) is 1.20. The van der Waals surface area contributed by atoms with E-state index in [0.717, 1.165) is 11.4 Å². The van der Waals surface area contributed by atoms with Crippen LogP contribution in [-0.2, 0) is 6.54 Å². The largest absolute Gasteiger partial charge is 0.288 e. The quantitative estimate of drug-likeness (QED) is 0.619. The number of Topliss-reactive ketones (excluding diaryl/α,β-unsaturated/α-hetero) is 1. The topological polar surface area (TPSA) is 49.6 Å². The van der Waals surface area contributed by atoms with Gasteiger partial charge in [-0.2, -0.15) is 0 Å². The Morgan fingerprint density at radius 3 is 2.81 bits per heavy atom. The van der Waals surface area contributed by atoms with E-state index in [-0.39, 0.29) is 5.78 Å². The number of nitrogens with zero attached hydrogens (tertiary/aromatic N) is 2. The van der Waals surface area contributed by atoms with Crippen LogP contribution >= 0.6 is 0 Å². The standard InChI is InChI=1S/C12H13N3O/c1-9-10(2)15(8-14-9)7-12(16)11-5-3-4-6-13-11/h3-6,8H,7H2,1-2H3/p+1. The molecule has 0 aliphatic carbocycles. The van der Waals surface area contributed by atoms with Crippen molar-refractivity contribution in [3.63, 3.8) is 0 Å². The Bertz CT molecular complexity index is 502. The minimum Gasteiger partial charge on any atom is -0.288 e. The Morgan fingerprint density at radius 1 is 1.44 bits per heavy atom. The lowest BCUT2D eigenvalue weighted by atomic mass is 10.2. The third kappa shape index (κ3) is 2.00. The van der Waals surface area contributed by atoms with Crippen molar-refractivity contribution in [2.24, 2.45) is 0 Å². The van der Waals surface area contributed by atoms with Crippen molar-refractivity contribution in [2.75, 3.05) is 0 Å². The Kier molecular flexibility index (Phi) is 2.81. The van der Waals surface area contributed by atoms with E-state index in [0.29, 0.717) is 12.2 Å². The lowest BCUT2D eigenvalue weighted by Crippen LogP contribution is -2.38. The molecule has 16 heavy (non-hydrogen) atoms. The van der Waals surface area contributed by atoms with Crippen LogP contribution in [-0.4, -0.2) is 15.8 Å². The van der Waals surface area contributed by atoms with Gasteiger partial charge in [-0.15, -0.1) is 0 Å². The van der Waals surface area contributed by atoms with E-state index in [9.17, 15) is 4.79 Å². The maximum Gasteiger partial charge on any atom is 0.242 e. The van der Waals surface area contributed by atoms with Crippen molar-refractivity contribution < 1.29 is 9.36 Å². The van der Waals surface area contributed by atoms with Crippen molar-refractivity contribution in [3.8, 4) is 0 Å². The van der Waals surface area contributed by atoms with Crippen LogP contribution < -0.4 is 4.57 Å². The summed E-state index contributed by atoms with van der Waals surface area (Å²) in [4.78, 5) is 19.0. The van der Waals surface area contributed by atoms with Crippen molar-refractivity contribution in [1.82, 2.24) is 9.97 Å². The molecule has 0 amide bonds. The van der Waals surface area contributed by atoms with Gasteiger partial charge in [0.05, 0.1) is 0 Å². The van der Waals surface area contributed by atoms with Gasteiger partial charge < -0.3 is 0 Å². The maximum absolute atomic E-state index is 11.9. The summed E-state index contributed by atoms with van der Waals surface area (Å²) in [5.41, 5.74) is 2.66. The van der Waals surface area contributed by atoms with Crippen LogP contribution in [0.5, 0.6) is 0 Å². The molecular formula is C12H14N3O+. The fourth-order valence-electron chi connectivity index (χ4n) is 1.52. The smallest absolute Gasteiger partial charge is 0.242 e. The van der Waals surface area contributed by atoms with Gasteiger partial charge in [-0.3, -0.25) is 9.78 Å². The first-order valence-electron chi connectivity index (χ1n) is 5.16. The van der Waals surface area contributed by atoms with E-state index in [2.05, 4.69) is 9.97 Å². The molecular weight excluding hydrogens is 202 g/mol. The summed E-state index contributed by atoms with van der Waals surface area (Å²) in [6, 6.07) is 5.35. The van der Waals surface area contributed by atoms with Gasteiger partial charge in [0.15, 0.2) is 6.54 Å². The van der Waals surface area contributed by atoms with Crippen molar-refractivity contribution in [1.29, 1.82) is 0 Å². The zero-order chi connectivity index (χ0) is 11.5. The lowest BCUT2D eigenvalue weighted by Gasteiger charge is -1.98. The summed E-state index contributed by atoms with van der Waals surface area (Å²) >= 11 is 0. The number of pyridine rings is 1. The maximum atomic E-state index is 11.9. The molecule has 2 aromatic rings. The highest BCUT2D eigenvalue weighted by Gasteiger charge is 2.15. The Morgan fingerprint density at radius 2 is 2.25 bits per heavy atom. The molecule has 0 atom stereocenters. The number of carbonyl (C=O) groups is 1. The molecule has 0 bridgehead atoms. The molecule has 0 saturated heterocycles. The SMILES string of the molecule is Cc1[nH]c[n+](CC(=O)c2ccccn2)c1C. The predicted molar refractivity (Wildman–Crippen MR) is 59.0 cm³/mol. The molecule has 0 aromatic carbocycles. The number of H-pyrrole nitrogens is 1. The number of hydrogen-bond donors (Lipinski definition) is 1. The number of rotatable bonds is 3. The Balaban J connectivity index is 2.17. The molecule has 1 N–H and O–H groups in total. The lowest BCUT2D eigenvalue weighted by molar-refractivity contribution is -0.687. The summed E-state index contributed by atoms with van der Waals surface area (Å²) in [6.45, 7) is 4.29. The van der Waals surface area contributed by atoms with Gasteiger partial charge >= 0.3 is 0 Å². The van der Waals surface area contributed by atoms with E-state index in [4.69, 9.17) is 0 Å². The fourth-order valence-corrected chi connectivity index (χ4v) is 1.52. The average Bonchev–Trinajstić information content (AvgIpc) is 2.62. The second kappa shape index (κ2) is 4.26. The van der Waals surface area contributed by atoms with Crippen LogP contribution in [0.4, 0.5) is 0 Å². The molecule has 0 saturated carbocycles. The molecule has 2 aromatic heterocycles. The number of nitrogens with one attached hydrogen (secondary N) is 1. The van der Waals surface area contributed by atoms with Crippen molar-refractivity contribution in [2.45, 2.75) is 20.4 Å². The summed E-state index contributed by atoms with van der Waals surface area (Å²) in [7, 11) is 0. The third-order valence-corrected chi connectivity index (χ3v) is 2.67. The van der Waals surface area contributed by atoms with Gasteiger partial charge in [0.1, 0.15) is 17.1 Å². The summed E-state index contributed by atoms with van der Waals surface area (Å²) in [5, 5.41) is 0. The Hall–Kier alpha value is -1.97. The van der Waals surface area contributed by atoms with Gasteiger partial charge in [-0.1, -0.05) is 6.07 Å². The summed E-state index contributed by atoms with van der Waals surface area (Å²) in [5.74, 6) is 0.0210. The zero-order valence-electron chi connectivity index (χ0n) is 9.40. The number of aryl methyl sites for hydroxylation is 1. The normalized spacial score (nSPS) is 10.4. The number of aromatic nitrogens is 3.